The summed E-state index contributed by atoms with van der Waals surface area (Å²) in [7, 11) is 0. The lowest BCUT2D eigenvalue weighted by Crippen LogP contribution is -2.57. The van der Waals surface area contributed by atoms with Crippen molar-refractivity contribution in [1.82, 2.24) is 5.32 Å². The quantitative estimate of drug-likeness (QED) is 0.669. The summed E-state index contributed by atoms with van der Waals surface area (Å²) in [6, 6.07) is 0. The minimum atomic E-state index is -0.0696. The molecule has 2 N–H and O–H groups in total. The zero-order valence-electron chi connectivity index (χ0n) is 18.5. The van der Waals surface area contributed by atoms with Crippen LogP contribution in [0.1, 0.15) is 97.8 Å². The molecule has 0 aromatic heterocycles. The average Bonchev–Trinajstić information content (AvgIpc) is 2.99. The number of aliphatic hydroxyl groups is 1. The fourth-order valence-corrected chi connectivity index (χ4v) is 8.63. The summed E-state index contributed by atoms with van der Waals surface area (Å²) in [5, 5.41) is 14.2. The van der Waals surface area contributed by atoms with Crippen LogP contribution in [0.2, 0.25) is 0 Å². The third kappa shape index (κ3) is 3.34. The van der Waals surface area contributed by atoms with Crippen molar-refractivity contribution >= 4 is 5.91 Å². The lowest BCUT2D eigenvalue weighted by atomic mass is 9.44. The summed E-state index contributed by atoms with van der Waals surface area (Å²) in [6.07, 6.45) is 14.7. The van der Waals surface area contributed by atoms with Gasteiger partial charge in [-0.3, -0.25) is 4.79 Å². The fourth-order valence-electron chi connectivity index (χ4n) is 8.63. The molecule has 4 saturated carbocycles. The molecule has 0 radical (unpaired) electrons. The summed E-state index contributed by atoms with van der Waals surface area (Å²) < 4.78 is 0. The van der Waals surface area contributed by atoms with Crippen LogP contribution in [-0.4, -0.2) is 23.7 Å². The van der Waals surface area contributed by atoms with Crippen LogP contribution in [0.15, 0.2) is 0 Å². The van der Waals surface area contributed by atoms with Crippen molar-refractivity contribution in [2.45, 2.75) is 104 Å². The second-order valence-corrected chi connectivity index (χ2v) is 11.2. The predicted molar refractivity (Wildman–Crippen MR) is 114 cm³/mol. The van der Waals surface area contributed by atoms with E-state index in [1.165, 1.54) is 57.8 Å². The van der Waals surface area contributed by atoms with Crippen molar-refractivity contribution in [2.24, 2.45) is 40.4 Å². The molecule has 0 saturated heterocycles. The molecule has 28 heavy (non-hydrogen) atoms. The molecule has 1 amide bonds. The van der Waals surface area contributed by atoms with Gasteiger partial charge >= 0.3 is 0 Å². The van der Waals surface area contributed by atoms with E-state index < -0.39 is 0 Å². The first-order chi connectivity index (χ1) is 13.4. The van der Waals surface area contributed by atoms with E-state index in [9.17, 15) is 9.90 Å². The van der Waals surface area contributed by atoms with Crippen LogP contribution in [0.5, 0.6) is 0 Å². The van der Waals surface area contributed by atoms with E-state index in [4.69, 9.17) is 0 Å². The number of hydrogen-bond acceptors (Lipinski definition) is 2. The van der Waals surface area contributed by atoms with Crippen LogP contribution < -0.4 is 5.32 Å². The van der Waals surface area contributed by atoms with Gasteiger partial charge < -0.3 is 10.4 Å². The summed E-state index contributed by atoms with van der Waals surface area (Å²) in [4.78, 5) is 11.8. The van der Waals surface area contributed by atoms with E-state index >= 15 is 0 Å². The smallest absolute Gasteiger partial charge is 0.219 e. The number of amides is 1. The van der Waals surface area contributed by atoms with Gasteiger partial charge in [0.25, 0.3) is 0 Å². The molecule has 4 fully saturated rings. The highest BCUT2D eigenvalue weighted by Gasteiger charge is 2.61. The first kappa shape index (κ1) is 20.7. The molecule has 4 rings (SSSR count). The third-order valence-electron chi connectivity index (χ3n) is 10.1. The van der Waals surface area contributed by atoms with Gasteiger partial charge in [0, 0.05) is 13.0 Å². The van der Waals surface area contributed by atoms with Gasteiger partial charge in [-0.1, -0.05) is 26.7 Å². The summed E-state index contributed by atoms with van der Waals surface area (Å²) >= 11 is 0. The molecule has 0 aromatic carbocycles. The molecule has 3 heteroatoms. The maximum atomic E-state index is 11.8. The molecule has 4 aliphatic rings. The van der Waals surface area contributed by atoms with Gasteiger partial charge in [0.1, 0.15) is 0 Å². The first-order valence-electron chi connectivity index (χ1n) is 12.3. The van der Waals surface area contributed by atoms with E-state index in [2.05, 4.69) is 19.2 Å². The van der Waals surface area contributed by atoms with Gasteiger partial charge in [-0.05, 0) is 105 Å². The molecule has 0 bridgehead atoms. The third-order valence-corrected chi connectivity index (χ3v) is 10.1. The van der Waals surface area contributed by atoms with Gasteiger partial charge in [-0.25, -0.2) is 0 Å². The molecule has 0 heterocycles. The lowest BCUT2D eigenvalue weighted by molar-refractivity contribution is -0.162. The standard InChI is InChI=1S/C25H43NO2/c1-4-26-22(28)10-7-9-17-11-12-19-23-20(13-15-25(17,19)3)24(2)14-6-5-8-18(24)16-21(23)27/h17-21,23,27H,4-16H2,1-3H3,(H,26,28). The summed E-state index contributed by atoms with van der Waals surface area (Å²) in [6.45, 7) is 7.86. The minimum absolute atomic E-state index is 0.0696. The van der Waals surface area contributed by atoms with Crippen LogP contribution in [0.4, 0.5) is 0 Å². The largest absolute Gasteiger partial charge is 0.393 e. The van der Waals surface area contributed by atoms with Gasteiger partial charge in [0.05, 0.1) is 6.10 Å². The average molecular weight is 390 g/mol. The van der Waals surface area contributed by atoms with Gasteiger partial charge in [-0.2, -0.15) is 0 Å². The maximum absolute atomic E-state index is 11.8. The van der Waals surface area contributed by atoms with Crippen molar-refractivity contribution in [3.05, 3.63) is 0 Å². The first-order valence-corrected chi connectivity index (χ1v) is 12.3. The number of fused-ring (bicyclic) bond motifs is 5. The van der Waals surface area contributed by atoms with Crippen molar-refractivity contribution in [3.63, 3.8) is 0 Å². The predicted octanol–water partition coefficient (Wildman–Crippen LogP) is 5.31. The Kier molecular flexibility index (Phi) is 5.86. The molecular weight excluding hydrogens is 346 g/mol. The van der Waals surface area contributed by atoms with E-state index in [0.717, 1.165) is 37.1 Å². The SMILES string of the molecule is CCNC(=O)CCCC1CCC2C3C(O)CC4CCCCC4(C)C3CCC12C. The van der Waals surface area contributed by atoms with Crippen LogP contribution in [0, 0.1) is 40.4 Å². The zero-order valence-corrected chi connectivity index (χ0v) is 18.5. The van der Waals surface area contributed by atoms with Crippen molar-refractivity contribution < 1.29 is 9.90 Å². The Hall–Kier alpha value is -0.570. The molecule has 4 aliphatic carbocycles. The minimum Gasteiger partial charge on any atom is -0.393 e. The van der Waals surface area contributed by atoms with Crippen LogP contribution >= 0.6 is 0 Å². The van der Waals surface area contributed by atoms with Crippen molar-refractivity contribution in [2.75, 3.05) is 6.54 Å². The number of carbonyl (C=O) groups is 1. The fraction of sp³-hybridized carbons (Fsp3) is 0.960. The number of carbonyl (C=O) groups excluding carboxylic acids is 1. The Labute approximate surface area is 172 Å². The molecule has 8 atom stereocenters. The van der Waals surface area contributed by atoms with Gasteiger partial charge in [-0.15, -0.1) is 0 Å². The lowest BCUT2D eigenvalue weighted by Gasteiger charge is -2.62. The zero-order chi connectivity index (χ0) is 19.9. The molecule has 3 nitrogen and oxygen atoms in total. The monoisotopic (exact) mass is 389 g/mol. The van der Waals surface area contributed by atoms with Crippen LogP contribution in [0.3, 0.4) is 0 Å². The molecular formula is C25H43NO2. The topological polar surface area (TPSA) is 49.3 Å². The Bertz CT molecular complexity index is 577. The molecule has 0 aromatic rings. The van der Waals surface area contributed by atoms with Crippen molar-refractivity contribution in [3.8, 4) is 0 Å². The highest BCUT2D eigenvalue weighted by atomic mass is 16.3. The molecule has 0 aliphatic heterocycles. The Balaban J connectivity index is 1.45. The van der Waals surface area contributed by atoms with Gasteiger partial charge in [0.2, 0.25) is 5.91 Å². The highest BCUT2D eigenvalue weighted by molar-refractivity contribution is 5.75. The number of aliphatic hydroxyl groups excluding tert-OH is 1. The van der Waals surface area contributed by atoms with Gasteiger partial charge in [0.15, 0.2) is 0 Å². The Morgan fingerprint density at radius 3 is 2.61 bits per heavy atom. The Morgan fingerprint density at radius 1 is 1.04 bits per heavy atom. The summed E-state index contributed by atoms with van der Waals surface area (Å²) in [5.74, 6) is 3.70. The van der Waals surface area contributed by atoms with E-state index in [-0.39, 0.29) is 12.0 Å². The summed E-state index contributed by atoms with van der Waals surface area (Å²) in [5.41, 5.74) is 0.876. The van der Waals surface area contributed by atoms with Crippen molar-refractivity contribution in [1.29, 1.82) is 0 Å². The molecule has 8 unspecified atom stereocenters. The Morgan fingerprint density at radius 2 is 1.82 bits per heavy atom. The second-order valence-electron chi connectivity index (χ2n) is 11.2. The number of rotatable bonds is 5. The number of hydrogen-bond donors (Lipinski definition) is 2. The molecule has 160 valence electrons. The van der Waals surface area contributed by atoms with Crippen LogP contribution in [0.25, 0.3) is 0 Å². The van der Waals surface area contributed by atoms with Crippen LogP contribution in [-0.2, 0) is 4.79 Å². The molecule has 0 spiro atoms. The normalized spacial score (nSPS) is 47.7. The maximum Gasteiger partial charge on any atom is 0.219 e. The van der Waals surface area contributed by atoms with E-state index in [1.54, 1.807) is 0 Å². The van der Waals surface area contributed by atoms with E-state index in [1.807, 2.05) is 6.92 Å². The van der Waals surface area contributed by atoms with E-state index in [0.29, 0.717) is 29.1 Å². The second kappa shape index (κ2) is 7.93. The highest BCUT2D eigenvalue weighted by Crippen LogP contribution is 2.67. The number of nitrogens with one attached hydrogen (secondary N) is 1.